The normalized spacial score (nSPS) is 11.9. The highest BCUT2D eigenvalue weighted by Crippen LogP contribution is 2.20. The van der Waals surface area contributed by atoms with Crippen LogP contribution < -0.4 is 0 Å². The predicted molar refractivity (Wildman–Crippen MR) is 92.3 cm³/mol. The topological polar surface area (TPSA) is 0 Å². The molecule has 0 aromatic carbocycles. The summed E-state index contributed by atoms with van der Waals surface area (Å²) in [6, 6.07) is 0. The van der Waals surface area contributed by atoms with Crippen LogP contribution in [0, 0.1) is 31.6 Å². The lowest BCUT2D eigenvalue weighted by atomic mass is 9.93. The molecule has 0 aliphatic rings. The molecule has 0 bridgehead atoms. The first kappa shape index (κ1) is 19.6. The van der Waals surface area contributed by atoms with Crippen molar-refractivity contribution >= 4 is 0 Å². The minimum Gasteiger partial charge on any atom is -0.103 e. The third-order valence-electron chi connectivity index (χ3n) is 4.03. The van der Waals surface area contributed by atoms with Crippen LogP contribution in [0.4, 0.5) is 0 Å². The Morgan fingerprint density at radius 1 is 0.700 bits per heavy atom. The van der Waals surface area contributed by atoms with Crippen molar-refractivity contribution in [1.82, 2.24) is 0 Å². The maximum atomic E-state index is 3.90. The van der Waals surface area contributed by atoms with Crippen LogP contribution in [0.3, 0.4) is 0 Å². The summed E-state index contributed by atoms with van der Waals surface area (Å²) < 4.78 is 0. The van der Waals surface area contributed by atoms with Gasteiger partial charge >= 0.3 is 0 Å². The Hall–Kier alpha value is -0.440. The molecule has 0 aliphatic heterocycles. The molecule has 0 saturated heterocycles. The van der Waals surface area contributed by atoms with Crippen LogP contribution in [0.15, 0.2) is 0 Å². The molecular formula is C20H36. The van der Waals surface area contributed by atoms with E-state index in [0.29, 0.717) is 0 Å². The third-order valence-corrected chi connectivity index (χ3v) is 4.03. The summed E-state index contributed by atoms with van der Waals surface area (Å²) in [5.41, 5.74) is 0. The van der Waals surface area contributed by atoms with E-state index in [2.05, 4.69) is 32.6 Å². The van der Waals surface area contributed by atoms with E-state index in [-0.39, 0.29) is 0 Å². The second-order valence-corrected chi connectivity index (χ2v) is 5.89. The van der Waals surface area contributed by atoms with Crippen LogP contribution in [-0.2, 0) is 0 Å². The molecule has 0 heteroatoms. The van der Waals surface area contributed by atoms with Gasteiger partial charge in [-0.05, 0) is 25.2 Å². The molecule has 0 aromatic rings. The summed E-state index contributed by atoms with van der Waals surface area (Å²) in [6.07, 6.45) is 17.8. The zero-order valence-electron chi connectivity index (χ0n) is 13.9. The molecule has 20 heavy (non-hydrogen) atoms. The summed E-state index contributed by atoms with van der Waals surface area (Å²) in [6.45, 7) is 10.1. The molecule has 1 atom stereocenters. The van der Waals surface area contributed by atoms with E-state index in [0.717, 1.165) is 38.0 Å². The van der Waals surface area contributed by atoms with Gasteiger partial charge in [-0.3, -0.25) is 0 Å². The fourth-order valence-corrected chi connectivity index (χ4v) is 2.56. The first-order valence-electron chi connectivity index (χ1n) is 8.89. The molecular weight excluding hydrogens is 240 g/mol. The van der Waals surface area contributed by atoms with Crippen molar-refractivity contribution < 1.29 is 0 Å². The van der Waals surface area contributed by atoms with Crippen molar-refractivity contribution in [3.63, 3.8) is 0 Å². The van der Waals surface area contributed by atoms with E-state index in [1.165, 1.54) is 57.8 Å². The summed E-state index contributed by atoms with van der Waals surface area (Å²) in [4.78, 5) is 0. The molecule has 0 N–H and O–H groups in total. The van der Waals surface area contributed by atoms with E-state index in [9.17, 15) is 0 Å². The van der Waals surface area contributed by atoms with Gasteiger partial charge in [0.2, 0.25) is 0 Å². The van der Waals surface area contributed by atoms with Crippen LogP contribution in [0.5, 0.6) is 0 Å². The van der Waals surface area contributed by atoms with Gasteiger partial charge in [0.25, 0.3) is 0 Å². The molecule has 1 unspecified atom stereocenters. The molecule has 0 fully saturated rings. The minimum absolute atomic E-state index is 0.935. The van der Waals surface area contributed by atoms with Gasteiger partial charge < -0.3 is 0 Å². The highest BCUT2D eigenvalue weighted by atomic mass is 14.1. The van der Waals surface area contributed by atoms with E-state index in [1.807, 2.05) is 0 Å². The Kier molecular flexibility index (Phi) is 16.2. The van der Waals surface area contributed by atoms with E-state index < -0.39 is 0 Å². The molecule has 0 aliphatic carbocycles. The summed E-state index contributed by atoms with van der Waals surface area (Å²) in [7, 11) is 0. The van der Waals surface area contributed by atoms with E-state index in [1.54, 1.807) is 0 Å². The lowest BCUT2D eigenvalue weighted by Crippen LogP contribution is -1.98. The van der Waals surface area contributed by atoms with Gasteiger partial charge in [0.1, 0.15) is 0 Å². The zero-order valence-corrected chi connectivity index (χ0v) is 13.9. The Balaban J connectivity index is 3.43. The van der Waals surface area contributed by atoms with Crippen molar-refractivity contribution in [2.24, 2.45) is 5.92 Å². The van der Waals surface area contributed by atoms with Gasteiger partial charge in [0.15, 0.2) is 0 Å². The molecule has 0 spiro atoms. The number of unbranched alkanes of at least 4 members (excludes halogenated alkanes) is 8. The Labute approximate surface area is 129 Å². The number of hydrogen-bond donors (Lipinski definition) is 0. The molecule has 0 heterocycles. The van der Waals surface area contributed by atoms with Crippen molar-refractivity contribution in [2.45, 2.75) is 96.8 Å². The SMILES string of the molecule is [CH2]CCCC#CCCCC(CC)CCCCCCC[CH2]. The van der Waals surface area contributed by atoms with Crippen molar-refractivity contribution in [1.29, 1.82) is 0 Å². The highest BCUT2D eigenvalue weighted by Gasteiger charge is 2.05. The van der Waals surface area contributed by atoms with Crippen molar-refractivity contribution in [3.05, 3.63) is 13.8 Å². The smallest absolute Gasteiger partial charge is 0.00887 e. The van der Waals surface area contributed by atoms with Crippen LogP contribution in [0.1, 0.15) is 96.8 Å². The quantitative estimate of drug-likeness (QED) is 0.257. The van der Waals surface area contributed by atoms with Crippen LogP contribution in [-0.4, -0.2) is 0 Å². The Morgan fingerprint density at radius 3 is 1.90 bits per heavy atom. The van der Waals surface area contributed by atoms with Gasteiger partial charge in [-0.25, -0.2) is 0 Å². The van der Waals surface area contributed by atoms with Gasteiger partial charge in [-0.1, -0.05) is 78.6 Å². The fourth-order valence-electron chi connectivity index (χ4n) is 2.56. The lowest BCUT2D eigenvalue weighted by Gasteiger charge is -2.13. The van der Waals surface area contributed by atoms with Crippen LogP contribution >= 0.6 is 0 Å². The number of hydrogen-bond acceptors (Lipinski definition) is 0. The van der Waals surface area contributed by atoms with Gasteiger partial charge in [-0.15, -0.1) is 11.8 Å². The maximum absolute atomic E-state index is 3.90. The van der Waals surface area contributed by atoms with E-state index >= 15 is 0 Å². The number of rotatable bonds is 13. The monoisotopic (exact) mass is 276 g/mol. The summed E-state index contributed by atoms with van der Waals surface area (Å²) in [5.74, 6) is 7.50. The molecule has 116 valence electrons. The first-order valence-corrected chi connectivity index (χ1v) is 8.89. The third kappa shape index (κ3) is 14.0. The molecule has 0 saturated carbocycles. The summed E-state index contributed by atoms with van der Waals surface area (Å²) >= 11 is 0. The first-order chi connectivity index (χ1) is 9.85. The maximum Gasteiger partial charge on any atom is 0.00887 e. The zero-order chi connectivity index (χ0) is 14.9. The predicted octanol–water partition coefficient (Wildman–Crippen LogP) is 6.76. The van der Waals surface area contributed by atoms with Gasteiger partial charge in [0.05, 0.1) is 0 Å². The minimum atomic E-state index is 0.935. The standard InChI is InChI=1S/C20H36/c1-4-7-9-11-13-15-17-19-20(6-3)18-16-14-12-10-8-5-2/h20H,1-2,4-10,12,14-19H2,3H3. The van der Waals surface area contributed by atoms with E-state index in [4.69, 9.17) is 0 Å². The second-order valence-electron chi connectivity index (χ2n) is 5.89. The van der Waals surface area contributed by atoms with Gasteiger partial charge in [0, 0.05) is 12.8 Å². The second kappa shape index (κ2) is 16.6. The van der Waals surface area contributed by atoms with Crippen LogP contribution in [0.25, 0.3) is 0 Å². The average molecular weight is 277 g/mol. The highest BCUT2D eigenvalue weighted by molar-refractivity contribution is 4.98. The Morgan fingerprint density at radius 2 is 1.25 bits per heavy atom. The molecule has 0 amide bonds. The fraction of sp³-hybridized carbons (Fsp3) is 0.800. The van der Waals surface area contributed by atoms with Crippen LogP contribution in [0.2, 0.25) is 0 Å². The molecule has 0 nitrogen and oxygen atoms in total. The summed E-state index contributed by atoms with van der Waals surface area (Å²) in [5, 5.41) is 0. The average Bonchev–Trinajstić information content (AvgIpc) is 2.47. The molecule has 2 radical (unpaired) electrons. The van der Waals surface area contributed by atoms with Crippen molar-refractivity contribution in [2.75, 3.05) is 0 Å². The Bertz CT molecular complexity index is 230. The van der Waals surface area contributed by atoms with Crippen molar-refractivity contribution in [3.8, 4) is 11.8 Å². The molecule has 0 aromatic heterocycles. The largest absolute Gasteiger partial charge is 0.103 e. The lowest BCUT2D eigenvalue weighted by molar-refractivity contribution is 0.404. The van der Waals surface area contributed by atoms with Gasteiger partial charge in [-0.2, -0.15) is 0 Å². The molecule has 0 rings (SSSR count).